The van der Waals surface area contributed by atoms with Crippen molar-refractivity contribution in [3.63, 3.8) is 0 Å². The van der Waals surface area contributed by atoms with E-state index in [0.29, 0.717) is 29.1 Å². The second kappa shape index (κ2) is 7.59. The van der Waals surface area contributed by atoms with Gasteiger partial charge in [0.25, 0.3) is 5.91 Å². The number of aromatic nitrogens is 4. The average molecular weight is 398 g/mol. The molecule has 2 heterocycles. The molecule has 1 aliphatic carbocycles. The lowest BCUT2D eigenvalue weighted by Gasteiger charge is -2.19. The molecule has 1 aliphatic rings. The Morgan fingerprint density at radius 1 is 1.03 bits per heavy atom. The molecule has 4 aromatic rings. The van der Waals surface area contributed by atoms with Crippen LogP contribution in [0.2, 0.25) is 0 Å². The first-order valence-corrected chi connectivity index (χ1v) is 10.2. The number of amides is 1. The van der Waals surface area contributed by atoms with Crippen LogP contribution in [-0.4, -0.2) is 26.1 Å². The molecule has 0 bridgehead atoms. The van der Waals surface area contributed by atoms with Crippen LogP contribution < -0.4 is 11.1 Å². The standard InChI is InChI=1S/C23H22N6O/c24-21(30)17-11-6-10-16-19(17)28-29-20(16)23-26-18-12-5-4-9-15(18)22(27-23)25-13-14-7-2-1-3-8-14/h1-3,6-8,10-11H,4-5,9,12-13H2,(H2,24,30)(H,28,29)(H,25,26,27). The molecule has 30 heavy (non-hydrogen) atoms. The van der Waals surface area contributed by atoms with Gasteiger partial charge in [-0.15, -0.1) is 0 Å². The van der Waals surface area contributed by atoms with Gasteiger partial charge in [0, 0.05) is 23.2 Å². The zero-order valence-corrected chi connectivity index (χ0v) is 16.5. The van der Waals surface area contributed by atoms with E-state index < -0.39 is 5.91 Å². The summed E-state index contributed by atoms with van der Waals surface area (Å²) < 4.78 is 0. The van der Waals surface area contributed by atoms with E-state index in [1.54, 1.807) is 12.1 Å². The number of anilines is 1. The lowest BCUT2D eigenvalue weighted by molar-refractivity contribution is 0.100. The van der Waals surface area contributed by atoms with Gasteiger partial charge in [-0.2, -0.15) is 5.10 Å². The largest absolute Gasteiger partial charge is 0.366 e. The fourth-order valence-corrected chi connectivity index (χ4v) is 4.05. The molecule has 0 spiro atoms. The molecule has 2 aromatic carbocycles. The van der Waals surface area contributed by atoms with Crippen molar-refractivity contribution < 1.29 is 4.79 Å². The van der Waals surface area contributed by atoms with Gasteiger partial charge in [0.05, 0.1) is 11.1 Å². The van der Waals surface area contributed by atoms with Gasteiger partial charge in [-0.3, -0.25) is 9.89 Å². The molecule has 0 saturated carbocycles. The number of nitrogens with two attached hydrogens (primary N) is 1. The number of nitrogens with one attached hydrogen (secondary N) is 2. The molecule has 150 valence electrons. The average Bonchev–Trinajstić information content (AvgIpc) is 3.22. The summed E-state index contributed by atoms with van der Waals surface area (Å²) in [6.45, 7) is 0.691. The minimum Gasteiger partial charge on any atom is -0.366 e. The van der Waals surface area contributed by atoms with Gasteiger partial charge in [0.1, 0.15) is 11.5 Å². The summed E-state index contributed by atoms with van der Waals surface area (Å²) in [4.78, 5) is 21.5. The first kappa shape index (κ1) is 18.3. The van der Waals surface area contributed by atoms with Crippen LogP contribution in [-0.2, 0) is 19.4 Å². The number of H-pyrrole nitrogens is 1. The van der Waals surface area contributed by atoms with Crippen molar-refractivity contribution in [2.75, 3.05) is 5.32 Å². The van der Waals surface area contributed by atoms with Gasteiger partial charge in [0.2, 0.25) is 0 Å². The molecule has 0 fully saturated rings. The molecule has 2 aromatic heterocycles. The predicted octanol–water partition coefficient (Wildman–Crippen LogP) is 3.61. The smallest absolute Gasteiger partial charge is 0.250 e. The third-order valence-corrected chi connectivity index (χ3v) is 5.56. The molecule has 0 atom stereocenters. The number of carbonyl (C=O) groups excluding carboxylic acids is 1. The fraction of sp³-hybridized carbons (Fsp3) is 0.217. The zero-order valence-electron chi connectivity index (χ0n) is 16.5. The number of hydrogen-bond donors (Lipinski definition) is 3. The van der Waals surface area contributed by atoms with Gasteiger partial charge in [0.15, 0.2) is 5.82 Å². The van der Waals surface area contributed by atoms with Crippen molar-refractivity contribution >= 4 is 22.6 Å². The van der Waals surface area contributed by atoms with Gasteiger partial charge in [-0.1, -0.05) is 42.5 Å². The quantitative estimate of drug-likeness (QED) is 0.476. The van der Waals surface area contributed by atoms with Crippen LogP contribution in [0.1, 0.15) is 40.0 Å². The Labute approximate surface area is 173 Å². The minimum atomic E-state index is -0.493. The summed E-state index contributed by atoms with van der Waals surface area (Å²) in [7, 11) is 0. The number of para-hydroxylation sites is 1. The number of benzene rings is 2. The van der Waals surface area contributed by atoms with Crippen molar-refractivity contribution in [1.29, 1.82) is 0 Å². The van der Waals surface area contributed by atoms with E-state index in [4.69, 9.17) is 15.7 Å². The van der Waals surface area contributed by atoms with Crippen molar-refractivity contribution in [3.05, 3.63) is 70.9 Å². The molecule has 0 saturated heterocycles. The first-order valence-electron chi connectivity index (χ1n) is 10.2. The molecular weight excluding hydrogens is 376 g/mol. The summed E-state index contributed by atoms with van der Waals surface area (Å²) in [5.41, 5.74) is 10.6. The lowest BCUT2D eigenvalue weighted by atomic mass is 9.96. The van der Waals surface area contributed by atoms with Crippen LogP contribution in [0.5, 0.6) is 0 Å². The Balaban J connectivity index is 1.58. The highest BCUT2D eigenvalue weighted by Crippen LogP contribution is 2.31. The highest BCUT2D eigenvalue weighted by atomic mass is 16.1. The number of hydrogen-bond acceptors (Lipinski definition) is 5. The summed E-state index contributed by atoms with van der Waals surface area (Å²) >= 11 is 0. The molecule has 0 aliphatic heterocycles. The van der Waals surface area contributed by atoms with E-state index >= 15 is 0 Å². The van der Waals surface area contributed by atoms with E-state index in [0.717, 1.165) is 42.6 Å². The summed E-state index contributed by atoms with van der Waals surface area (Å²) in [5, 5.41) is 11.7. The summed E-state index contributed by atoms with van der Waals surface area (Å²) in [6, 6.07) is 15.6. The van der Waals surface area contributed by atoms with E-state index in [9.17, 15) is 4.79 Å². The normalized spacial score (nSPS) is 13.2. The summed E-state index contributed by atoms with van der Waals surface area (Å²) in [6.07, 6.45) is 4.16. The third kappa shape index (κ3) is 3.28. The maximum atomic E-state index is 11.8. The van der Waals surface area contributed by atoms with Crippen molar-refractivity contribution in [2.45, 2.75) is 32.2 Å². The van der Waals surface area contributed by atoms with E-state index in [-0.39, 0.29) is 0 Å². The van der Waals surface area contributed by atoms with E-state index in [1.165, 1.54) is 11.1 Å². The Morgan fingerprint density at radius 2 is 1.87 bits per heavy atom. The number of fused-ring (bicyclic) bond motifs is 2. The van der Waals surface area contributed by atoms with Crippen LogP contribution in [0.25, 0.3) is 22.4 Å². The zero-order chi connectivity index (χ0) is 20.5. The Morgan fingerprint density at radius 3 is 2.70 bits per heavy atom. The van der Waals surface area contributed by atoms with E-state index in [2.05, 4.69) is 27.6 Å². The molecule has 7 nitrogen and oxygen atoms in total. The number of aryl methyl sites for hydroxylation is 1. The summed E-state index contributed by atoms with van der Waals surface area (Å²) in [5.74, 6) is 0.923. The van der Waals surface area contributed by atoms with Crippen molar-refractivity contribution in [1.82, 2.24) is 20.2 Å². The van der Waals surface area contributed by atoms with Crippen LogP contribution >= 0.6 is 0 Å². The molecule has 4 N–H and O–H groups in total. The van der Waals surface area contributed by atoms with Crippen LogP contribution in [0, 0.1) is 0 Å². The number of nitrogens with zero attached hydrogens (tertiary/aromatic N) is 3. The Kier molecular flexibility index (Phi) is 4.63. The molecule has 5 rings (SSSR count). The lowest BCUT2D eigenvalue weighted by Crippen LogP contribution is -2.14. The van der Waals surface area contributed by atoms with Crippen molar-refractivity contribution in [2.24, 2.45) is 5.73 Å². The maximum Gasteiger partial charge on any atom is 0.250 e. The third-order valence-electron chi connectivity index (χ3n) is 5.56. The fourth-order valence-electron chi connectivity index (χ4n) is 4.05. The number of rotatable bonds is 5. The second-order valence-corrected chi connectivity index (χ2v) is 7.53. The molecule has 7 heteroatoms. The molecule has 1 amide bonds. The van der Waals surface area contributed by atoms with Crippen LogP contribution in [0.4, 0.5) is 5.82 Å². The predicted molar refractivity (Wildman–Crippen MR) is 116 cm³/mol. The highest BCUT2D eigenvalue weighted by Gasteiger charge is 2.21. The monoisotopic (exact) mass is 398 g/mol. The van der Waals surface area contributed by atoms with Gasteiger partial charge >= 0.3 is 0 Å². The first-order chi connectivity index (χ1) is 14.7. The Bertz CT molecular complexity index is 1230. The molecule has 0 radical (unpaired) electrons. The highest BCUT2D eigenvalue weighted by molar-refractivity contribution is 6.07. The number of primary amides is 1. The topological polar surface area (TPSA) is 110 Å². The molecule has 0 unspecified atom stereocenters. The Hall–Kier alpha value is -3.74. The molecular formula is C23H22N6O. The number of carbonyl (C=O) groups is 1. The van der Waals surface area contributed by atoms with Crippen LogP contribution in [0.3, 0.4) is 0 Å². The van der Waals surface area contributed by atoms with Gasteiger partial charge in [-0.25, -0.2) is 9.97 Å². The number of aromatic amines is 1. The minimum absolute atomic E-state index is 0.409. The van der Waals surface area contributed by atoms with Gasteiger partial charge in [-0.05, 0) is 37.3 Å². The SMILES string of the molecule is NC(=O)c1cccc2c(-c3nc4c(c(NCc5ccccc5)n3)CCCC4)n[nH]c12. The second-order valence-electron chi connectivity index (χ2n) is 7.53. The maximum absolute atomic E-state index is 11.8. The van der Waals surface area contributed by atoms with Gasteiger partial charge < -0.3 is 11.1 Å². The van der Waals surface area contributed by atoms with Crippen molar-refractivity contribution in [3.8, 4) is 11.5 Å². The van der Waals surface area contributed by atoms with Crippen LogP contribution in [0.15, 0.2) is 48.5 Å². The van der Waals surface area contributed by atoms with E-state index in [1.807, 2.05) is 24.3 Å².